The molecule has 1 saturated heterocycles. The van der Waals surface area contributed by atoms with Crippen molar-refractivity contribution in [2.45, 2.75) is 26.7 Å². The van der Waals surface area contributed by atoms with Crippen molar-refractivity contribution in [1.29, 1.82) is 0 Å². The molecule has 26 heavy (non-hydrogen) atoms. The molecular weight excluding hydrogens is 326 g/mol. The van der Waals surface area contributed by atoms with Gasteiger partial charge in [0.1, 0.15) is 5.82 Å². The first-order chi connectivity index (χ1) is 12.6. The summed E-state index contributed by atoms with van der Waals surface area (Å²) >= 11 is 0. The topological polar surface area (TPSA) is 62.3 Å². The van der Waals surface area contributed by atoms with Gasteiger partial charge >= 0.3 is 0 Å². The van der Waals surface area contributed by atoms with E-state index < -0.39 is 0 Å². The first-order valence-electron chi connectivity index (χ1n) is 9.37. The average Bonchev–Trinajstić information content (AvgIpc) is 2.64. The van der Waals surface area contributed by atoms with Gasteiger partial charge in [-0.25, -0.2) is 4.98 Å². The lowest BCUT2D eigenvalue weighted by Gasteiger charge is -2.26. The Bertz CT molecular complexity index is 713. The van der Waals surface area contributed by atoms with Crippen LogP contribution in [-0.4, -0.2) is 54.3 Å². The van der Waals surface area contributed by atoms with Gasteiger partial charge in [0.2, 0.25) is 5.95 Å². The van der Waals surface area contributed by atoms with E-state index in [2.05, 4.69) is 64.5 Å². The van der Waals surface area contributed by atoms with E-state index in [0.29, 0.717) is 11.9 Å². The van der Waals surface area contributed by atoms with Crippen molar-refractivity contribution in [2.24, 2.45) is 0 Å². The van der Waals surface area contributed by atoms with E-state index in [-0.39, 0.29) is 0 Å². The highest BCUT2D eigenvalue weighted by Gasteiger charge is 2.11. The van der Waals surface area contributed by atoms with Crippen LogP contribution in [0.5, 0.6) is 0 Å². The minimum absolute atomic E-state index is 0.437. The van der Waals surface area contributed by atoms with Gasteiger partial charge in [-0.2, -0.15) is 4.98 Å². The number of benzene rings is 1. The van der Waals surface area contributed by atoms with Crippen molar-refractivity contribution in [3.05, 3.63) is 41.6 Å². The number of rotatable bonds is 7. The summed E-state index contributed by atoms with van der Waals surface area (Å²) in [4.78, 5) is 11.4. The molecule has 1 aromatic heterocycles. The van der Waals surface area contributed by atoms with Gasteiger partial charge in [0, 0.05) is 38.1 Å². The molecular formula is C20H29N5O. The lowest BCUT2D eigenvalue weighted by Crippen LogP contribution is -2.39. The molecule has 0 amide bonds. The van der Waals surface area contributed by atoms with Crippen LogP contribution < -0.4 is 10.6 Å². The number of morpholine rings is 1. The Morgan fingerprint density at radius 3 is 2.77 bits per heavy atom. The molecule has 1 aromatic carbocycles. The molecule has 1 aliphatic heterocycles. The monoisotopic (exact) mass is 355 g/mol. The molecule has 6 nitrogen and oxygen atoms in total. The zero-order chi connectivity index (χ0) is 18.4. The Morgan fingerprint density at radius 1 is 1.19 bits per heavy atom. The summed E-state index contributed by atoms with van der Waals surface area (Å²) in [6.07, 6.45) is 1.79. The Balaban J connectivity index is 1.62. The molecule has 6 heteroatoms. The van der Waals surface area contributed by atoms with E-state index >= 15 is 0 Å². The molecule has 2 aromatic rings. The standard InChI is InChI=1S/C20H29N5O/c1-15(2)17-6-4-5-16(3)19(17)24-20-22-8-7-18(23-20)21-9-10-25-11-13-26-14-12-25/h4-8,15H,9-14H2,1-3H3,(H2,21,22,23,24). The number of hydrogen-bond donors (Lipinski definition) is 2. The third kappa shape index (κ3) is 4.93. The Hall–Kier alpha value is -2.18. The molecule has 1 fully saturated rings. The normalized spacial score (nSPS) is 15.2. The zero-order valence-corrected chi connectivity index (χ0v) is 16.0. The van der Waals surface area contributed by atoms with E-state index in [4.69, 9.17) is 4.74 Å². The van der Waals surface area contributed by atoms with Crippen molar-refractivity contribution in [2.75, 3.05) is 50.0 Å². The number of aromatic nitrogens is 2. The number of para-hydroxylation sites is 1. The van der Waals surface area contributed by atoms with Crippen LogP contribution in [0.2, 0.25) is 0 Å². The first-order valence-corrected chi connectivity index (χ1v) is 9.37. The molecule has 0 bridgehead atoms. The maximum absolute atomic E-state index is 5.38. The molecule has 0 aliphatic carbocycles. The van der Waals surface area contributed by atoms with Crippen LogP contribution in [0.25, 0.3) is 0 Å². The van der Waals surface area contributed by atoms with E-state index in [1.807, 2.05) is 6.07 Å². The number of aryl methyl sites for hydroxylation is 1. The van der Waals surface area contributed by atoms with Gasteiger partial charge in [-0.3, -0.25) is 4.90 Å². The highest BCUT2D eigenvalue weighted by molar-refractivity contribution is 5.64. The van der Waals surface area contributed by atoms with E-state index in [1.54, 1.807) is 6.20 Å². The van der Waals surface area contributed by atoms with Crippen LogP contribution in [0.15, 0.2) is 30.5 Å². The van der Waals surface area contributed by atoms with Crippen molar-refractivity contribution in [1.82, 2.24) is 14.9 Å². The van der Waals surface area contributed by atoms with Crippen LogP contribution in [0.3, 0.4) is 0 Å². The minimum atomic E-state index is 0.437. The van der Waals surface area contributed by atoms with Gasteiger partial charge in [0.15, 0.2) is 0 Å². The Kier molecular flexibility index (Phi) is 6.41. The number of hydrogen-bond acceptors (Lipinski definition) is 6. The average molecular weight is 355 g/mol. The molecule has 0 radical (unpaired) electrons. The number of nitrogens with one attached hydrogen (secondary N) is 2. The summed E-state index contributed by atoms with van der Waals surface area (Å²) in [7, 11) is 0. The second kappa shape index (κ2) is 8.96. The van der Waals surface area contributed by atoms with Gasteiger partial charge in [-0.15, -0.1) is 0 Å². The smallest absolute Gasteiger partial charge is 0.229 e. The van der Waals surface area contributed by atoms with Crippen LogP contribution in [0.4, 0.5) is 17.5 Å². The van der Waals surface area contributed by atoms with Gasteiger partial charge in [-0.1, -0.05) is 32.0 Å². The van der Waals surface area contributed by atoms with E-state index in [1.165, 1.54) is 11.1 Å². The Morgan fingerprint density at radius 2 is 2.00 bits per heavy atom. The van der Waals surface area contributed by atoms with Gasteiger partial charge in [0.05, 0.1) is 13.2 Å². The van der Waals surface area contributed by atoms with Gasteiger partial charge in [-0.05, 0) is 30.0 Å². The zero-order valence-electron chi connectivity index (χ0n) is 16.0. The molecule has 0 unspecified atom stereocenters. The predicted molar refractivity (Wildman–Crippen MR) is 106 cm³/mol. The first kappa shape index (κ1) is 18.6. The molecule has 2 N–H and O–H groups in total. The van der Waals surface area contributed by atoms with E-state index in [0.717, 1.165) is 50.9 Å². The third-order valence-electron chi connectivity index (χ3n) is 4.66. The lowest BCUT2D eigenvalue weighted by molar-refractivity contribution is 0.0398. The number of ether oxygens (including phenoxy) is 1. The molecule has 3 rings (SSSR count). The summed E-state index contributed by atoms with van der Waals surface area (Å²) in [5.74, 6) is 1.90. The fourth-order valence-electron chi connectivity index (χ4n) is 3.14. The van der Waals surface area contributed by atoms with E-state index in [9.17, 15) is 0 Å². The minimum Gasteiger partial charge on any atom is -0.379 e. The Labute approximate surface area is 156 Å². The summed E-state index contributed by atoms with van der Waals surface area (Å²) in [5, 5.41) is 6.81. The fraction of sp³-hybridized carbons (Fsp3) is 0.500. The second-order valence-electron chi connectivity index (χ2n) is 6.97. The second-order valence-corrected chi connectivity index (χ2v) is 6.97. The quantitative estimate of drug-likeness (QED) is 0.794. The summed E-state index contributed by atoms with van der Waals surface area (Å²) in [6.45, 7) is 12.0. The summed E-state index contributed by atoms with van der Waals surface area (Å²) in [5.41, 5.74) is 3.58. The van der Waals surface area contributed by atoms with Crippen LogP contribution in [-0.2, 0) is 4.74 Å². The fourth-order valence-corrected chi connectivity index (χ4v) is 3.14. The predicted octanol–water partition coefficient (Wildman–Crippen LogP) is 3.40. The SMILES string of the molecule is Cc1cccc(C(C)C)c1Nc1nccc(NCCN2CCOCC2)n1. The van der Waals surface area contributed by atoms with Crippen molar-refractivity contribution in [3.63, 3.8) is 0 Å². The lowest BCUT2D eigenvalue weighted by atomic mass is 9.98. The van der Waals surface area contributed by atoms with Crippen LogP contribution in [0.1, 0.15) is 30.9 Å². The largest absolute Gasteiger partial charge is 0.379 e. The highest BCUT2D eigenvalue weighted by Crippen LogP contribution is 2.29. The van der Waals surface area contributed by atoms with Crippen LogP contribution in [0, 0.1) is 6.92 Å². The highest BCUT2D eigenvalue weighted by atomic mass is 16.5. The maximum Gasteiger partial charge on any atom is 0.229 e. The molecule has 1 aliphatic rings. The molecule has 0 saturated carbocycles. The van der Waals surface area contributed by atoms with Crippen molar-refractivity contribution >= 4 is 17.5 Å². The number of anilines is 3. The summed E-state index contributed by atoms with van der Waals surface area (Å²) < 4.78 is 5.38. The maximum atomic E-state index is 5.38. The molecule has 0 atom stereocenters. The van der Waals surface area contributed by atoms with Crippen LogP contribution >= 0.6 is 0 Å². The molecule has 0 spiro atoms. The number of nitrogens with zero attached hydrogens (tertiary/aromatic N) is 3. The van der Waals surface area contributed by atoms with Gasteiger partial charge in [0.25, 0.3) is 0 Å². The van der Waals surface area contributed by atoms with Gasteiger partial charge < -0.3 is 15.4 Å². The molecule has 2 heterocycles. The summed E-state index contributed by atoms with van der Waals surface area (Å²) in [6, 6.07) is 8.27. The third-order valence-corrected chi connectivity index (χ3v) is 4.66. The molecule has 140 valence electrons. The van der Waals surface area contributed by atoms with Crippen molar-refractivity contribution in [3.8, 4) is 0 Å². The van der Waals surface area contributed by atoms with Crippen molar-refractivity contribution < 1.29 is 4.74 Å².